The summed E-state index contributed by atoms with van der Waals surface area (Å²) in [4.78, 5) is 17.7. The van der Waals surface area contributed by atoms with Crippen LogP contribution in [0.15, 0.2) is 39.2 Å². The molecule has 1 amide bonds. The Hall–Kier alpha value is -1.63. The van der Waals surface area contributed by atoms with Crippen molar-refractivity contribution in [2.24, 2.45) is 0 Å². The molecule has 26 heavy (non-hydrogen) atoms. The molecule has 0 saturated carbocycles. The van der Waals surface area contributed by atoms with Crippen LogP contribution in [-0.2, 0) is 17.6 Å². The van der Waals surface area contributed by atoms with E-state index in [1.165, 1.54) is 11.3 Å². The molecule has 136 valence electrons. The van der Waals surface area contributed by atoms with Crippen LogP contribution in [0.4, 0.5) is 5.13 Å². The van der Waals surface area contributed by atoms with E-state index < -0.39 is 0 Å². The zero-order valence-corrected chi connectivity index (χ0v) is 17.6. The molecule has 1 N–H and O–H groups in total. The lowest BCUT2D eigenvalue weighted by molar-refractivity contribution is -0.116. The lowest BCUT2D eigenvalue weighted by atomic mass is 10.1. The summed E-state index contributed by atoms with van der Waals surface area (Å²) in [5, 5.41) is 4.19. The number of amides is 1. The molecule has 0 aliphatic heterocycles. The van der Waals surface area contributed by atoms with Gasteiger partial charge in [0.2, 0.25) is 5.91 Å². The minimum absolute atomic E-state index is 0.0639. The first-order valence-electron chi connectivity index (χ1n) is 8.16. The molecule has 0 bridgehead atoms. The van der Waals surface area contributed by atoms with Gasteiger partial charge >= 0.3 is 0 Å². The first-order valence-corrected chi connectivity index (χ1v) is 10.1. The maximum atomic E-state index is 12.1. The summed E-state index contributed by atoms with van der Waals surface area (Å²) in [7, 11) is 0. The molecule has 1 aromatic carbocycles. The Morgan fingerprint density at radius 1 is 1.31 bits per heavy atom. The Morgan fingerprint density at radius 3 is 2.81 bits per heavy atom. The van der Waals surface area contributed by atoms with Gasteiger partial charge in [0.1, 0.15) is 11.5 Å². The second-order valence-electron chi connectivity index (χ2n) is 6.01. The van der Waals surface area contributed by atoms with E-state index in [1.54, 1.807) is 0 Å². The number of aryl methyl sites for hydroxylation is 3. The molecule has 0 radical (unpaired) electrons. The number of hydrogen-bond acceptors (Lipinski definition) is 4. The normalized spacial score (nSPS) is 10.9. The number of furan rings is 1. The highest BCUT2D eigenvalue weighted by Gasteiger charge is 2.12. The fourth-order valence-corrected chi connectivity index (χ4v) is 3.98. The predicted molar refractivity (Wildman–Crippen MR) is 109 cm³/mol. The van der Waals surface area contributed by atoms with Gasteiger partial charge < -0.3 is 9.73 Å². The number of nitrogens with one attached hydrogen (secondary N) is 1. The number of carbonyl (C=O) groups excluding carboxylic acids is 1. The van der Waals surface area contributed by atoms with Crippen molar-refractivity contribution in [1.82, 2.24) is 4.98 Å². The summed E-state index contributed by atoms with van der Waals surface area (Å²) in [6.07, 6.45) is 1.68. The number of anilines is 1. The molecule has 2 heterocycles. The van der Waals surface area contributed by atoms with Crippen LogP contribution in [0.2, 0.25) is 5.02 Å². The van der Waals surface area contributed by atoms with Crippen molar-refractivity contribution in [3.05, 3.63) is 67.5 Å². The average molecular weight is 454 g/mol. The minimum atomic E-state index is -0.0639. The van der Waals surface area contributed by atoms with Gasteiger partial charge in [0.25, 0.3) is 0 Å². The molecular formula is C19H18BrClN2O2S. The second-order valence-corrected chi connectivity index (χ2v) is 8.36. The van der Waals surface area contributed by atoms with E-state index in [1.807, 2.05) is 44.2 Å². The number of carbonyl (C=O) groups is 1. The van der Waals surface area contributed by atoms with Crippen molar-refractivity contribution >= 4 is 49.9 Å². The monoisotopic (exact) mass is 452 g/mol. The lowest BCUT2D eigenvalue weighted by Crippen LogP contribution is -2.11. The van der Waals surface area contributed by atoms with Crippen LogP contribution < -0.4 is 5.32 Å². The molecule has 3 rings (SSSR count). The molecule has 0 unspecified atom stereocenters. The SMILES string of the molecule is Cc1ccc(CCC(=O)Nc2nc(C)c(Cc3ccc(Br)c(Cl)c3)s2)o1. The van der Waals surface area contributed by atoms with E-state index >= 15 is 0 Å². The van der Waals surface area contributed by atoms with Crippen LogP contribution in [0.25, 0.3) is 0 Å². The lowest BCUT2D eigenvalue weighted by Gasteiger charge is -2.02. The number of aromatic nitrogens is 1. The Balaban J connectivity index is 1.60. The Bertz CT molecular complexity index is 936. The average Bonchev–Trinajstić information content (AvgIpc) is 3.15. The summed E-state index contributed by atoms with van der Waals surface area (Å²) in [5.74, 6) is 1.61. The van der Waals surface area contributed by atoms with Gasteiger partial charge in [-0.25, -0.2) is 4.98 Å². The summed E-state index contributed by atoms with van der Waals surface area (Å²) < 4.78 is 6.36. The molecule has 7 heteroatoms. The third-order valence-corrected chi connectivity index (χ3v) is 6.19. The van der Waals surface area contributed by atoms with Crippen LogP contribution in [0.1, 0.15) is 34.1 Å². The molecule has 2 aromatic heterocycles. The van der Waals surface area contributed by atoms with Gasteiger partial charge in [0, 0.05) is 28.6 Å². The summed E-state index contributed by atoms with van der Waals surface area (Å²) in [5.41, 5.74) is 2.03. The molecule has 0 aliphatic rings. The van der Waals surface area contributed by atoms with Crippen molar-refractivity contribution in [1.29, 1.82) is 0 Å². The molecular weight excluding hydrogens is 436 g/mol. The number of rotatable bonds is 6. The summed E-state index contributed by atoms with van der Waals surface area (Å²) in [6.45, 7) is 3.84. The van der Waals surface area contributed by atoms with Crippen molar-refractivity contribution < 1.29 is 9.21 Å². The van der Waals surface area contributed by atoms with Gasteiger partial charge in [0.05, 0.1) is 10.7 Å². The predicted octanol–water partition coefficient (Wildman–Crippen LogP) is 5.93. The smallest absolute Gasteiger partial charge is 0.226 e. The van der Waals surface area contributed by atoms with Crippen molar-refractivity contribution in [2.45, 2.75) is 33.1 Å². The standard InChI is InChI=1S/C19H18BrClN2O2S/c1-11-3-5-14(25-11)6-8-18(24)23-19-22-12(2)17(26-19)10-13-4-7-15(20)16(21)9-13/h3-5,7,9H,6,8,10H2,1-2H3,(H,22,23,24). The van der Waals surface area contributed by atoms with Crippen molar-refractivity contribution in [2.75, 3.05) is 5.32 Å². The number of halogens is 2. The third-order valence-electron chi connectivity index (χ3n) is 3.88. The number of thiazole rings is 1. The first kappa shape index (κ1) is 19.1. The van der Waals surface area contributed by atoms with Crippen molar-refractivity contribution in [3.8, 4) is 0 Å². The van der Waals surface area contributed by atoms with Gasteiger partial charge in [-0.2, -0.15) is 0 Å². The quantitative estimate of drug-likeness (QED) is 0.503. The van der Waals surface area contributed by atoms with Crippen LogP contribution in [-0.4, -0.2) is 10.9 Å². The van der Waals surface area contributed by atoms with E-state index in [-0.39, 0.29) is 5.91 Å². The molecule has 3 aromatic rings. The minimum Gasteiger partial charge on any atom is -0.466 e. The Morgan fingerprint density at radius 2 is 2.12 bits per heavy atom. The van der Waals surface area contributed by atoms with Crippen molar-refractivity contribution in [3.63, 3.8) is 0 Å². The largest absolute Gasteiger partial charge is 0.466 e. The molecule has 0 atom stereocenters. The molecule has 0 fully saturated rings. The van der Waals surface area contributed by atoms with Crippen LogP contribution in [0, 0.1) is 13.8 Å². The van der Waals surface area contributed by atoms with Gasteiger partial charge in [-0.15, -0.1) is 11.3 Å². The zero-order valence-electron chi connectivity index (χ0n) is 14.4. The van der Waals surface area contributed by atoms with Crippen LogP contribution >= 0.6 is 38.9 Å². The fourth-order valence-electron chi connectivity index (χ4n) is 2.52. The third kappa shape index (κ3) is 4.96. The van der Waals surface area contributed by atoms with E-state index in [4.69, 9.17) is 16.0 Å². The number of benzene rings is 1. The maximum absolute atomic E-state index is 12.1. The highest BCUT2D eigenvalue weighted by Crippen LogP contribution is 2.28. The van der Waals surface area contributed by atoms with E-state index in [0.29, 0.717) is 23.0 Å². The first-order chi connectivity index (χ1) is 12.4. The van der Waals surface area contributed by atoms with Gasteiger partial charge in [-0.1, -0.05) is 17.7 Å². The maximum Gasteiger partial charge on any atom is 0.226 e. The molecule has 0 saturated heterocycles. The highest BCUT2D eigenvalue weighted by atomic mass is 79.9. The number of nitrogens with zero attached hydrogens (tertiary/aromatic N) is 1. The topological polar surface area (TPSA) is 55.1 Å². The van der Waals surface area contributed by atoms with Gasteiger partial charge in [-0.05, 0) is 59.6 Å². The molecule has 0 aliphatic carbocycles. The van der Waals surface area contributed by atoms with Crippen LogP contribution in [0.5, 0.6) is 0 Å². The molecule has 0 spiro atoms. The van der Waals surface area contributed by atoms with Gasteiger partial charge in [0.15, 0.2) is 5.13 Å². The van der Waals surface area contributed by atoms with E-state index in [0.717, 1.165) is 38.5 Å². The number of hydrogen-bond donors (Lipinski definition) is 1. The molecule has 4 nitrogen and oxygen atoms in total. The van der Waals surface area contributed by atoms with E-state index in [2.05, 4.69) is 26.2 Å². The summed E-state index contributed by atoms with van der Waals surface area (Å²) >= 11 is 11.1. The Kier molecular flexibility index (Phi) is 6.16. The van der Waals surface area contributed by atoms with E-state index in [9.17, 15) is 4.79 Å². The highest BCUT2D eigenvalue weighted by molar-refractivity contribution is 9.10. The second kappa shape index (κ2) is 8.37. The summed E-state index contributed by atoms with van der Waals surface area (Å²) in [6, 6.07) is 9.70. The fraction of sp³-hybridized carbons (Fsp3) is 0.263. The Labute approximate surface area is 169 Å². The zero-order chi connectivity index (χ0) is 18.7. The van der Waals surface area contributed by atoms with Gasteiger partial charge in [-0.3, -0.25) is 4.79 Å². The van der Waals surface area contributed by atoms with Crippen LogP contribution in [0.3, 0.4) is 0 Å².